The van der Waals surface area contributed by atoms with Crippen LogP contribution in [-0.2, 0) is 17.6 Å². The molecular formula is C13H18N2O2. The summed E-state index contributed by atoms with van der Waals surface area (Å²) in [6.45, 7) is 4.81. The zero-order valence-corrected chi connectivity index (χ0v) is 10.6. The van der Waals surface area contributed by atoms with E-state index in [2.05, 4.69) is 23.8 Å². The number of ketones is 1. The molecule has 0 spiro atoms. The Hall–Kier alpha value is -1.29. The topological polar surface area (TPSA) is 52.1 Å². The van der Waals surface area contributed by atoms with Gasteiger partial charge in [0.2, 0.25) is 0 Å². The first-order valence-corrected chi connectivity index (χ1v) is 5.89. The molecule has 2 rings (SSSR count). The van der Waals surface area contributed by atoms with Crippen LogP contribution in [0.1, 0.15) is 42.1 Å². The largest absolute Gasteiger partial charge is 0.384 e. The van der Waals surface area contributed by atoms with Crippen molar-refractivity contribution in [2.24, 2.45) is 5.41 Å². The molecule has 0 saturated heterocycles. The van der Waals surface area contributed by atoms with Crippen molar-refractivity contribution in [1.29, 1.82) is 0 Å². The second-order valence-electron chi connectivity index (χ2n) is 5.33. The minimum atomic E-state index is 0.0109. The van der Waals surface area contributed by atoms with Crippen LogP contribution in [0.25, 0.3) is 0 Å². The van der Waals surface area contributed by atoms with Gasteiger partial charge in [-0.05, 0) is 11.8 Å². The van der Waals surface area contributed by atoms with Gasteiger partial charge in [0, 0.05) is 26.1 Å². The average molecular weight is 234 g/mol. The van der Waals surface area contributed by atoms with Crippen LogP contribution in [0.5, 0.6) is 0 Å². The number of fused-ring (bicyclic) bond motifs is 1. The molecule has 0 aliphatic heterocycles. The van der Waals surface area contributed by atoms with E-state index in [1.165, 1.54) is 0 Å². The lowest BCUT2D eigenvalue weighted by atomic mass is 9.76. The SMILES string of the molecule is COCCc1ncc2c(n1)CC(C)(C)CC2=O. The first kappa shape index (κ1) is 12.2. The predicted molar refractivity (Wildman–Crippen MR) is 64.0 cm³/mol. The molecule has 0 radical (unpaired) electrons. The molecule has 92 valence electrons. The van der Waals surface area contributed by atoms with Crippen molar-refractivity contribution < 1.29 is 9.53 Å². The second kappa shape index (κ2) is 4.53. The van der Waals surface area contributed by atoms with E-state index < -0.39 is 0 Å². The van der Waals surface area contributed by atoms with Gasteiger partial charge in [0.25, 0.3) is 0 Å². The molecule has 1 aliphatic rings. The molecule has 4 nitrogen and oxygen atoms in total. The quantitative estimate of drug-likeness (QED) is 0.800. The summed E-state index contributed by atoms with van der Waals surface area (Å²) in [6, 6.07) is 0. The normalized spacial score (nSPS) is 17.9. The Bertz CT molecular complexity index is 441. The van der Waals surface area contributed by atoms with Crippen molar-refractivity contribution in [1.82, 2.24) is 9.97 Å². The molecule has 0 N–H and O–H groups in total. The Balaban J connectivity index is 2.28. The van der Waals surface area contributed by atoms with Crippen molar-refractivity contribution >= 4 is 5.78 Å². The number of carbonyl (C=O) groups is 1. The van der Waals surface area contributed by atoms with E-state index in [0.29, 0.717) is 25.0 Å². The van der Waals surface area contributed by atoms with Crippen molar-refractivity contribution in [3.05, 3.63) is 23.3 Å². The smallest absolute Gasteiger partial charge is 0.166 e. The summed E-state index contributed by atoms with van der Waals surface area (Å²) in [5, 5.41) is 0. The molecule has 0 atom stereocenters. The fourth-order valence-electron chi connectivity index (χ4n) is 2.19. The van der Waals surface area contributed by atoms with Gasteiger partial charge in [0.05, 0.1) is 17.9 Å². The van der Waals surface area contributed by atoms with Crippen LogP contribution in [0.15, 0.2) is 6.20 Å². The third kappa shape index (κ3) is 2.69. The zero-order valence-electron chi connectivity index (χ0n) is 10.6. The minimum Gasteiger partial charge on any atom is -0.384 e. The molecule has 4 heteroatoms. The maximum Gasteiger partial charge on any atom is 0.166 e. The van der Waals surface area contributed by atoms with Gasteiger partial charge in [0.1, 0.15) is 5.82 Å². The Kier molecular flexibility index (Phi) is 3.24. The summed E-state index contributed by atoms with van der Waals surface area (Å²) < 4.78 is 5.00. The molecular weight excluding hydrogens is 216 g/mol. The number of methoxy groups -OCH3 is 1. The van der Waals surface area contributed by atoms with Gasteiger partial charge < -0.3 is 4.74 Å². The minimum absolute atomic E-state index is 0.0109. The number of carbonyl (C=O) groups excluding carboxylic acids is 1. The fourth-order valence-corrected chi connectivity index (χ4v) is 2.19. The Labute approximate surface area is 101 Å². The van der Waals surface area contributed by atoms with Gasteiger partial charge in [-0.1, -0.05) is 13.8 Å². The first-order valence-electron chi connectivity index (χ1n) is 5.89. The van der Waals surface area contributed by atoms with E-state index in [1.54, 1.807) is 13.3 Å². The van der Waals surface area contributed by atoms with Gasteiger partial charge in [-0.3, -0.25) is 4.79 Å². The highest BCUT2D eigenvalue weighted by Gasteiger charge is 2.32. The lowest BCUT2D eigenvalue weighted by molar-refractivity contribution is 0.0909. The molecule has 1 aromatic rings. The maximum atomic E-state index is 11.9. The van der Waals surface area contributed by atoms with Crippen molar-refractivity contribution in [2.45, 2.75) is 33.1 Å². The number of hydrogen-bond donors (Lipinski definition) is 0. The Morgan fingerprint density at radius 1 is 1.41 bits per heavy atom. The van der Waals surface area contributed by atoms with Crippen LogP contribution in [0.4, 0.5) is 0 Å². The van der Waals surface area contributed by atoms with Crippen molar-refractivity contribution in [3.8, 4) is 0 Å². The lowest BCUT2D eigenvalue weighted by Crippen LogP contribution is -2.28. The predicted octanol–water partition coefficient (Wildman–Crippen LogP) is 1.82. The van der Waals surface area contributed by atoms with E-state index in [-0.39, 0.29) is 11.2 Å². The highest BCUT2D eigenvalue weighted by molar-refractivity contribution is 5.98. The van der Waals surface area contributed by atoms with E-state index in [4.69, 9.17) is 4.74 Å². The van der Waals surface area contributed by atoms with E-state index in [1.807, 2.05) is 0 Å². The van der Waals surface area contributed by atoms with E-state index in [9.17, 15) is 4.79 Å². The molecule has 0 bridgehead atoms. The summed E-state index contributed by atoms with van der Waals surface area (Å²) in [5.41, 5.74) is 1.61. The number of aromatic nitrogens is 2. The molecule has 0 aromatic carbocycles. The highest BCUT2D eigenvalue weighted by atomic mass is 16.5. The van der Waals surface area contributed by atoms with E-state index in [0.717, 1.165) is 17.9 Å². The van der Waals surface area contributed by atoms with Gasteiger partial charge in [-0.25, -0.2) is 9.97 Å². The van der Waals surface area contributed by atoms with Crippen LogP contribution in [0, 0.1) is 5.41 Å². The number of rotatable bonds is 3. The molecule has 0 amide bonds. The molecule has 0 fully saturated rings. The zero-order chi connectivity index (χ0) is 12.5. The second-order valence-corrected chi connectivity index (χ2v) is 5.33. The molecule has 1 heterocycles. The summed E-state index contributed by atoms with van der Waals surface area (Å²) in [6.07, 6.45) is 3.79. The Morgan fingerprint density at radius 3 is 2.88 bits per heavy atom. The number of Topliss-reactive ketones (excluding diaryl/α,β-unsaturated/α-hetero) is 1. The van der Waals surface area contributed by atoms with Gasteiger partial charge >= 0.3 is 0 Å². The van der Waals surface area contributed by atoms with Crippen LogP contribution in [0.2, 0.25) is 0 Å². The van der Waals surface area contributed by atoms with Gasteiger partial charge in [-0.15, -0.1) is 0 Å². The number of ether oxygens (including phenoxy) is 1. The maximum absolute atomic E-state index is 11.9. The molecule has 1 aromatic heterocycles. The number of hydrogen-bond acceptors (Lipinski definition) is 4. The van der Waals surface area contributed by atoms with Gasteiger partial charge in [-0.2, -0.15) is 0 Å². The lowest BCUT2D eigenvalue weighted by Gasteiger charge is -2.29. The van der Waals surface area contributed by atoms with Crippen molar-refractivity contribution in [3.63, 3.8) is 0 Å². The van der Waals surface area contributed by atoms with Crippen LogP contribution >= 0.6 is 0 Å². The third-order valence-corrected chi connectivity index (χ3v) is 3.03. The first-order chi connectivity index (χ1) is 8.02. The van der Waals surface area contributed by atoms with E-state index >= 15 is 0 Å². The summed E-state index contributed by atoms with van der Waals surface area (Å²) in [4.78, 5) is 20.6. The monoisotopic (exact) mass is 234 g/mol. The summed E-state index contributed by atoms with van der Waals surface area (Å²) >= 11 is 0. The Morgan fingerprint density at radius 2 is 2.18 bits per heavy atom. The average Bonchev–Trinajstić information content (AvgIpc) is 2.24. The molecule has 17 heavy (non-hydrogen) atoms. The van der Waals surface area contributed by atoms with Crippen LogP contribution in [-0.4, -0.2) is 29.5 Å². The van der Waals surface area contributed by atoms with Crippen LogP contribution < -0.4 is 0 Å². The summed E-state index contributed by atoms with van der Waals surface area (Å²) in [5.74, 6) is 0.922. The standard InChI is InChI=1S/C13H18N2O2/c1-13(2)6-10-9(11(16)7-13)8-14-12(15-10)4-5-17-3/h8H,4-7H2,1-3H3. The molecule has 0 saturated carbocycles. The fraction of sp³-hybridized carbons (Fsp3) is 0.615. The van der Waals surface area contributed by atoms with Gasteiger partial charge in [0.15, 0.2) is 5.78 Å². The molecule has 1 aliphatic carbocycles. The highest BCUT2D eigenvalue weighted by Crippen LogP contribution is 2.33. The summed E-state index contributed by atoms with van der Waals surface area (Å²) in [7, 11) is 1.66. The third-order valence-electron chi connectivity index (χ3n) is 3.03. The van der Waals surface area contributed by atoms with Crippen LogP contribution in [0.3, 0.4) is 0 Å². The van der Waals surface area contributed by atoms with Crippen molar-refractivity contribution in [2.75, 3.05) is 13.7 Å². The number of nitrogens with zero attached hydrogens (tertiary/aromatic N) is 2. The molecule has 0 unspecified atom stereocenters.